The molecule has 0 bridgehead atoms. The Labute approximate surface area is 215 Å². The lowest BCUT2D eigenvalue weighted by molar-refractivity contribution is -0.904. The van der Waals surface area contributed by atoms with Crippen molar-refractivity contribution < 1.29 is 18.7 Å². The molecule has 1 heterocycles. The molecule has 0 spiro atoms. The van der Waals surface area contributed by atoms with Crippen molar-refractivity contribution in [3.63, 3.8) is 0 Å². The zero-order chi connectivity index (χ0) is 25.4. The number of hydrogen-bond acceptors (Lipinski definition) is 5. The van der Waals surface area contributed by atoms with E-state index in [1.165, 1.54) is 12.0 Å². The Morgan fingerprint density at radius 1 is 1.06 bits per heavy atom. The van der Waals surface area contributed by atoms with Gasteiger partial charge in [0.15, 0.2) is 11.4 Å². The smallest absolute Gasteiger partial charge is 0.231 e. The minimum Gasteiger partial charge on any atom is -0.493 e. The first-order valence-electron chi connectivity index (χ1n) is 13.3. The predicted molar refractivity (Wildman–Crippen MR) is 143 cm³/mol. The van der Waals surface area contributed by atoms with Gasteiger partial charge in [-0.3, -0.25) is 0 Å². The Bertz CT molecular complexity index is 1060. The monoisotopic (exact) mass is 492 g/mol. The molecule has 36 heavy (non-hydrogen) atoms. The molecule has 0 amide bonds. The topological polar surface area (TPSA) is 67.5 Å². The minimum absolute atomic E-state index is 0.118. The summed E-state index contributed by atoms with van der Waals surface area (Å²) in [7, 11) is 6.34. The summed E-state index contributed by atoms with van der Waals surface area (Å²) in [6, 6.07) is 18.2. The van der Waals surface area contributed by atoms with Crippen LogP contribution in [0.15, 0.2) is 65.2 Å². The third-order valence-corrected chi connectivity index (χ3v) is 7.35. The number of aliphatic hydroxyl groups is 1. The number of nitrogens with one attached hydrogen (secondary N) is 1. The van der Waals surface area contributed by atoms with Crippen LogP contribution in [0.3, 0.4) is 0 Å². The molecule has 3 aromatic rings. The summed E-state index contributed by atoms with van der Waals surface area (Å²) in [6.07, 6.45) is 8.22. The average Bonchev–Trinajstić information content (AvgIpc) is 3.36. The number of benzene rings is 2. The van der Waals surface area contributed by atoms with Crippen LogP contribution in [-0.4, -0.2) is 48.9 Å². The highest BCUT2D eigenvalue weighted by atomic mass is 16.5. The summed E-state index contributed by atoms with van der Waals surface area (Å²) in [5.41, 5.74) is 0.931. The molecule has 1 aromatic heterocycles. The van der Waals surface area contributed by atoms with Gasteiger partial charge < -0.3 is 24.1 Å². The number of hydrogen-bond donors (Lipinski definition) is 2. The van der Waals surface area contributed by atoms with Crippen molar-refractivity contribution in [2.24, 2.45) is 5.92 Å². The standard InChI is InChI=1S/C30H42N3O3/c1-31-21-24-15-17-27(18-16-24)35-20-10-19-33(2,3)23-28-22-32-29(36-28)30(34,25-11-6-4-7-12-25)26-13-8-5-9-14-26/h4,6-7,11-12,15-18,22,26,31,34H,5,8-10,13-14,19-21,23H2,1-3H3/q+1/t30-/m0/s1. The van der Waals surface area contributed by atoms with E-state index in [9.17, 15) is 5.11 Å². The fourth-order valence-electron chi connectivity index (χ4n) is 5.39. The summed E-state index contributed by atoms with van der Waals surface area (Å²) in [5, 5.41) is 15.2. The molecule has 6 nitrogen and oxygen atoms in total. The van der Waals surface area contributed by atoms with Gasteiger partial charge >= 0.3 is 0 Å². The van der Waals surface area contributed by atoms with Gasteiger partial charge in [0.2, 0.25) is 5.89 Å². The van der Waals surface area contributed by atoms with Gasteiger partial charge in [0.25, 0.3) is 0 Å². The van der Waals surface area contributed by atoms with E-state index in [1.807, 2.05) is 49.5 Å². The molecular formula is C30H42N3O3+. The molecule has 1 aliphatic rings. The highest BCUT2D eigenvalue weighted by molar-refractivity contribution is 5.30. The maximum absolute atomic E-state index is 12.0. The zero-order valence-corrected chi connectivity index (χ0v) is 22.1. The molecule has 4 rings (SSSR count). The number of ether oxygens (including phenoxy) is 1. The number of rotatable bonds is 12. The van der Waals surface area contributed by atoms with E-state index in [2.05, 4.69) is 36.5 Å². The molecule has 1 aliphatic carbocycles. The summed E-state index contributed by atoms with van der Waals surface area (Å²) < 4.78 is 13.0. The quantitative estimate of drug-likeness (QED) is 0.267. The molecular weight excluding hydrogens is 450 g/mol. The predicted octanol–water partition coefficient (Wildman–Crippen LogP) is 5.26. The lowest BCUT2D eigenvalue weighted by Gasteiger charge is -2.36. The van der Waals surface area contributed by atoms with Crippen molar-refractivity contribution in [2.45, 2.75) is 57.2 Å². The van der Waals surface area contributed by atoms with E-state index < -0.39 is 5.60 Å². The van der Waals surface area contributed by atoms with Gasteiger partial charge in [0.1, 0.15) is 12.3 Å². The summed E-state index contributed by atoms with van der Waals surface area (Å²) >= 11 is 0. The van der Waals surface area contributed by atoms with Crippen LogP contribution in [0.2, 0.25) is 0 Å². The minimum atomic E-state index is -1.19. The van der Waals surface area contributed by atoms with Gasteiger partial charge in [-0.1, -0.05) is 61.7 Å². The Morgan fingerprint density at radius 2 is 1.78 bits per heavy atom. The van der Waals surface area contributed by atoms with E-state index in [0.717, 1.165) is 66.7 Å². The SMILES string of the molecule is CNCc1ccc(OCCC[N+](C)(C)Cc2cnc([C@](O)(c3ccccc3)C3CCCCC3)o2)cc1. The average molecular weight is 493 g/mol. The van der Waals surface area contributed by atoms with Gasteiger partial charge in [-0.05, 0) is 43.1 Å². The number of aromatic nitrogens is 1. The molecule has 1 atom stereocenters. The van der Waals surface area contributed by atoms with Crippen molar-refractivity contribution in [3.8, 4) is 5.75 Å². The molecule has 2 aromatic carbocycles. The second-order valence-corrected chi connectivity index (χ2v) is 10.8. The van der Waals surface area contributed by atoms with Crippen LogP contribution in [0, 0.1) is 5.92 Å². The van der Waals surface area contributed by atoms with E-state index in [4.69, 9.17) is 9.15 Å². The molecule has 6 heteroatoms. The lowest BCUT2D eigenvalue weighted by Crippen LogP contribution is -2.40. The Balaban J connectivity index is 1.36. The summed E-state index contributed by atoms with van der Waals surface area (Å²) in [5.74, 6) is 2.26. The number of nitrogens with zero attached hydrogens (tertiary/aromatic N) is 2. The Morgan fingerprint density at radius 3 is 2.47 bits per heavy atom. The molecule has 1 fully saturated rings. The molecule has 0 unspecified atom stereocenters. The van der Waals surface area contributed by atoms with Gasteiger partial charge in [0.05, 0.1) is 33.4 Å². The fourth-order valence-corrected chi connectivity index (χ4v) is 5.39. The first-order valence-corrected chi connectivity index (χ1v) is 13.3. The summed E-state index contributed by atoms with van der Waals surface area (Å²) in [6.45, 7) is 3.18. The molecule has 1 saturated carbocycles. The molecule has 2 N–H and O–H groups in total. The first kappa shape index (κ1) is 26.4. The van der Waals surface area contributed by atoms with Gasteiger partial charge in [0, 0.05) is 18.9 Å². The van der Waals surface area contributed by atoms with Crippen LogP contribution in [0.4, 0.5) is 0 Å². The molecule has 0 radical (unpaired) electrons. The van der Waals surface area contributed by atoms with Crippen LogP contribution in [-0.2, 0) is 18.7 Å². The lowest BCUT2D eigenvalue weighted by atomic mass is 9.73. The first-order chi connectivity index (χ1) is 17.4. The van der Waals surface area contributed by atoms with Gasteiger partial charge in [-0.15, -0.1) is 0 Å². The molecule has 0 saturated heterocycles. The second-order valence-electron chi connectivity index (χ2n) is 10.8. The Hall–Kier alpha value is -2.67. The molecule has 0 aliphatic heterocycles. The second kappa shape index (κ2) is 12.0. The largest absolute Gasteiger partial charge is 0.493 e. The molecule has 194 valence electrons. The van der Waals surface area contributed by atoms with Crippen molar-refractivity contribution in [3.05, 3.63) is 83.6 Å². The van der Waals surface area contributed by atoms with Crippen LogP contribution in [0.5, 0.6) is 5.75 Å². The maximum atomic E-state index is 12.0. The van der Waals surface area contributed by atoms with Crippen molar-refractivity contribution in [2.75, 3.05) is 34.3 Å². The zero-order valence-electron chi connectivity index (χ0n) is 22.1. The highest BCUT2D eigenvalue weighted by Crippen LogP contribution is 2.43. The number of oxazole rings is 1. The van der Waals surface area contributed by atoms with Gasteiger partial charge in [-0.2, -0.15) is 0 Å². The van der Waals surface area contributed by atoms with Crippen LogP contribution in [0.25, 0.3) is 0 Å². The number of quaternary nitrogens is 1. The van der Waals surface area contributed by atoms with Crippen LogP contribution < -0.4 is 10.1 Å². The van der Waals surface area contributed by atoms with E-state index in [0.29, 0.717) is 19.0 Å². The van der Waals surface area contributed by atoms with E-state index >= 15 is 0 Å². The third-order valence-electron chi connectivity index (χ3n) is 7.35. The third kappa shape index (κ3) is 6.55. The highest BCUT2D eigenvalue weighted by Gasteiger charge is 2.44. The normalized spacial score (nSPS) is 16.6. The van der Waals surface area contributed by atoms with E-state index in [-0.39, 0.29) is 5.92 Å². The van der Waals surface area contributed by atoms with Gasteiger partial charge in [-0.25, -0.2) is 4.98 Å². The van der Waals surface area contributed by atoms with Crippen LogP contribution in [0.1, 0.15) is 61.3 Å². The maximum Gasteiger partial charge on any atom is 0.231 e. The van der Waals surface area contributed by atoms with Crippen molar-refractivity contribution in [1.29, 1.82) is 0 Å². The van der Waals surface area contributed by atoms with Crippen molar-refractivity contribution in [1.82, 2.24) is 10.3 Å². The Kier molecular flexibility index (Phi) is 8.83. The van der Waals surface area contributed by atoms with Crippen molar-refractivity contribution >= 4 is 0 Å². The van der Waals surface area contributed by atoms with E-state index in [1.54, 1.807) is 6.20 Å². The summed E-state index contributed by atoms with van der Waals surface area (Å²) in [4.78, 5) is 4.62. The fraction of sp³-hybridized carbons (Fsp3) is 0.500. The van der Waals surface area contributed by atoms with Crippen LogP contribution >= 0.6 is 0 Å².